The van der Waals surface area contributed by atoms with Crippen LogP contribution in [0.15, 0.2) is 42.6 Å². The summed E-state index contributed by atoms with van der Waals surface area (Å²) in [5, 5.41) is 0. The van der Waals surface area contributed by atoms with E-state index in [0.717, 1.165) is 24.5 Å². The largest absolute Gasteiger partial charge is 0.397 e. The molecule has 1 aromatic carbocycles. The third-order valence-corrected chi connectivity index (χ3v) is 2.97. The average molecular weight is 241 g/mol. The minimum absolute atomic E-state index is 0.715. The smallest absolute Gasteiger partial charge is 0.131 e. The SMILES string of the molecule is CCN(Cc1ccccc1)c1ncc(N)cc1C. The lowest BCUT2D eigenvalue weighted by Gasteiger charge is -2.23. The molecule has 0 aliphatic rings. The van der Waals surface area contributed by atoms with Crippen molar-refractivity contribution in [3.05, 3.63) is 53.7 Å². The number of benzene rings is 1. The Hall–Kier alpha value is -2.03. The molecule has 2 aromatic rings. The highest BCUT2D eigenvalue weighted by Gasteiger charge is 2.09. The summed E-state index contributed by atoms with van der Waals surface area (Å²) in [5.41, 5.74) is 8.86. The maximum atomic E-state index is 5.74. The number of hydrogen-bond acceptors (Lipinski definition) is 3. The highest BCUT2D eigenvalue weighted by atomic mass is 15.2. The van der Waals surface area contributed by atoms with Gasteiger partial charge in [0.15, 0.2) is 0 Å². The van der Waals surface area contributed by atoms with E-state index in [1.54, 1.807) is 6.20 Å². The van der Waals surface area contributed by atoms with E-state index in [9.17, 15) is 0 Å². The molecule has 94 valence electrons. The van der Waals surface area contributed by atoms with Gasteiger partial charge in [-0.2, -0.15) is 0 Å². The van der Waals surface area contributed by atoms with Crippen molar-refractivity contribution < 1.29 is 0 Å². The van der Waals surface area contributed by atoms with Crippen molar-refractivity contribution in [1.82, 2.24) is 4.98 Å². The molecule has 0 saturated carbocycles. The van der Waals surface area contributed by atoms with E-state index in [1.165, 1.54) is 5.56 Å². The zero-order valence-electron chi connectivity index (χ0n) is 10.9. The first-order chi connectivity index (χ1) is 8.70. The fourth-order valence-electron chi connectivity index (χ4n) is 2.06. The summed E-state index contributed by atoms with van der Waals surface area (Å²) in [6.45, 7) is 5.98. The lowest BCUT2D eigenvalue weighted by Crippen LogP contribution is -2.24. The molecule has 3 nitrogen and oxygen atoms in total. The van der Waals surface area contributed by atoms with Crippen molar-refractivity contribution in [3.63, 3.8) is 0 Å². The fourth-order valence-corrected chi connectivity index (χ4v) is 2.06. The number of aryl methyl sites for hydroxylation is 1. The van der Waals surface area contributed by atoms with Gasteiger partial charge in [-0.25, -0.2) is 4.98 Å². The standard InChI is InChI=1S/C15H19N3/c1-3-18(11-13-7-5-4-6-8-13)15-12(2)9-14(16)10-17-15/h4-10H,3,11,16H2,1-2H3. The molecule has 0 fully saturated rings. The van der Waals surface area contributed by atoms with Crippen molar-refractivity contribution in [2.75, 3.05) is 17.2 Å². The molecule has 0 aliphatic heterocycles. The molecule has 3 heteroatoms. The Balaban J connectivity index is 2.23. The summed E-state index contributed by atoms with van der Waals surface area (Å²) in [5.74, 6) is 1.01. The Labute approximate surface area is 108 Å². The molecule has 0 bridgehead atoms. The van der Waals surface area contributed by atoms with Gasteiger partial charge in [0.2, 0.25) is 0 Å². The van der Waals surface area contributed by atoms with Gasteiger partial charge in [0, 0.05) is 13.1 Å². The maximum absolute atomic E-state index is 5.74. The topological polar surface area (TPSA) is 42.2 Å². The van der Waals surface area contributed by atoms with Gasteiger partial charge >= 0.3 is 0 Å². The second-order valence-corrected chi connectivity index (χ2v) is 4.41. The van der Waals surface area contributed by atoms with Crippen LogP contribution in [0, 0.1) is 6.92 Å². The number of rotatable bonds is 4. The van der Waals surface area contributed by atoms with Gasteiger partial charge in [-0.05, 0) is 31.0 Å². The molecule has 0 unspecified atom stereocenters. The van der Waals surface area contributed by atoms with Crippen molar-refractivity contribution in [1.29, 1.82) is 0 Å². The van der Waals surface area contributed by atoms with Gasteiger partial charge in [0.25, 0.3) is 0 Å². The Morgan fingerprint density at radius 1 is 1.22 bits per heavy atom. The van der Waals surface area contributed by atoms with Crippen molar-refractivity contribution in [3.8, 4) is 0 Å². The maximum Gasteiger partial charge on any atom is 0.131 e. The zero-order valence-corrected chi connectivity index (χ0v) is 10.9. The van der Waals surface area contributed by atoms with E-state index in [2.05, 4.69) is 41.1 Å². The lowest BCUT2D eigenvalue weighted by molar-refractivity contribution is 0.809. The summed E-state index contributed by atoms with van der Waals surface area (Å²) < 4.78 is 0. The number of nitrogens with zero attached hydrogens (tertiary/aromatic N) is 2. The van der Waals surface area contributed by atoms with Crippen LogP contribution < -0.4 is 10.6 Å². The zero-order chi connectivity index (χ0) is 13.0. The van der Waals surface area contributed by atoms with Crippen molar-refractivity contribution >= 4 is 11.5 Å². The van der Waals surface area contributed by atoms with E-state index in [-0.39, 0.29) is 0 Å². The Bertz CT molecular complexity index is 508. The van der Waals surface area contributed by atoms with E-state index in [1.807, 2.05) is 19.1 Å². The van der Waals surface area contributed by atoms with Gasteiger partial charge in [-0.3, -0.25) is 0 Å². The van der Waals surface area contributed by atoms with Gasteiger partial charge in [0.1, 0.15) is 5.82 Å². The Kier molecular flexibility index (Phi) is 3.82. The Morgan fingerprint density at radius 3 is 2.56 bits per heavy atom. The highest BCUT2D eigenvalue weighted by molar-refractivity contribution is 5.52. The van der Waals surface area contributed by atoms with Crippen LogP contribution in [0.25, 0.3) is 0 Å². The van der Waals surface area contributed by atoms with Crippen LogP contribution >= 0.6 is 0 Å². The molecule has 0 atom stereocenters. The number of nitrogen functional groups attached to an aromatic ring is 1. The summed E-state index contributed by atoms with van der Waals surface area (Å²) in [6, 6.07) is 12.4. The van der Waals surface area contributed by atoms with Crippen LogP contribution in [0.2, 0.25) is 0 Å². The molecule has 2 rings (SSSR count). The van der Waals surface area contributed by atoms with Gasteiger partial charge in [-0.1, -0.05) is 30.3 Å². The number of nitrogens with two attached hydrogens (primary N) is 1. The van der Waals surface area contributed by atoms with Gasteiger partial charge in [0.05, 0.1) is 11.9 Å². The van der Waals surface area contributed by atoms with E-state index >= 15 is 0 Å². The minimum atomic E-state index is 0.715. The summed E-state index contributed by atoms with van der Waals surface area (Å²) >= 11 is 0. The second kappa shape index (κ2) is 5.54. The third-order valence-electron chi connectivity index (χ3n) is 2.97. The van der Waals surface area contributed by atoms with Crippen molar-refractivity contribution in [2.24, 2.45) is 0 Å². The first kappa shape index (κ1) is 12.4. The first-order valence-electron chi connectivity index (χ1n) is 6.21. The minimum Gasteiger partial charge on any atom is -0.397 e. The molecule has 1 heterocycles. The van der Waals surface area contributed by atoms with Crippen LogP contribution in [0.5, 0.6) is 0 Å². The molecule has 0 saturated heterocycles. The van der Waals surface area contributed by atoms with Gasteiger partial charge in [-0.15, -0.1) is 0 Å². The molecular weight excluding hydrogens is 222 g/mol. The molecule has 0 spiro atoms. The van der Waals surface area contributed by atoms with Crippen LogP contribution in [0.3, 0.4) is 0 Å². The van der Waals surface area contributed by atoms with Crippen LogP contribution in [0.1, 0.15) is 18.1 Å². The molecular formula is C15H19N3. The molecule has 18 heavy (non-hydrogen) atoms. The molecule has 0 amide bonds. The Morgan fingerprint density at radius 2 is 1.94 bits per heavy atom. The van der Waals surface area contributed by atoms with Crippen molar-refractivity contribution in [2.45, 2.75) is 20.4 Å². The highest BCUT2D eigenvalue weighted by Crippen LogP contribution is 2.20. The van der Waals surface area contributed by atoms with Crippen LogP contribution in [-0.4, -0.2) is 11.5 Å². The predicted octanol–water partition coefficient (Wildman–Crippen LogP) is 3.00. The third kappa shape index (κ3) is 2.80. The lowest BCUT2D eigenvalue weighted by atomic mass is 10.2. The summed E-state index contributed by atoms with van der Waals surface area (Å²) in [7, 11) is 0. The quantitative estimate of drug-likeness (QED) is 0.894. The number of aromatic nitrogens is 1. The van der Waals surface area contributed by atoms with Crippen LogP contribution in [0.4, 0.5) is 11.5 Å². The van der Waals surface area contributed by atoms with E-state index in [4.69, 9.17) is 5.73 Å². The van der Waals surface area contributed by atoms with Crippen LogP contribution in [-0.2, 0) is 6.54 Å². The van der Waals surface area contributed by atoms with E-state index < -0.39 is 0 Å². The average Bonchev–Trinajstić information content (AvgIpc) is 2.38. The predicted molar refractivity (Wildman–Crippen MR) is 76.6 cm³/mol. The molecule has 2 N–H and O–H groups in total. The monoisotopic (exact) mass is 241 g/mol. The normalized spacial score (nSPS) is 10.3. The summed E-state index contributed by atoms with van der Waals surface area (Å²) in [4.78, 5) is 6.70. The summed E-state index contributed by atoms with van der Waals surface area (Å²) in [6.07, 6.45) is 1.72. The fraction of sp³-hybridized carbons (Fsp3) is 0.267. The molecule has 0 radical (unpaired) electrons. The first-order valence-corrected chi connectivity index (χ1v) is 6.21. The van der Waals surface area contributed by atoms with Gasteiger partial charge < -0.3 is 10.6 Å². The number of hydrogen-bond donors (Lipinski definition) is 1. The second-order valence-electron chi connectivity index (χ2n) is 4.41. The number of pyridine rings is 1. The van der Waals surface area contributed by atoms with E-state index in [0.29, 0.717) is 5.69 Å². The molecule has 1 aromatic heterocycles. The number of anilines is 2. The molecule has 0 aliphatic carbocycles.